The maximum Gasteiger partial charge on any atom is 0.252 e. The molecule has 2 rings (SSSR count). The molecule has 0 aliphatic carbocycles. The third-order valence-corrected chi connectivity index (χ3v) is 5.53. The number of amides is 3. The van der Waals surface area contributed by atoms with Gasteiger partial charge in [-0.15, -0.1) is 0 Å². The van der Waals surface area contributed by atoms with Gasteiger partial charge in [-0.2, -0.15) is 0 Å². The fraction of sp³-hybridized carbons (Fsp3) is 0.571. The van der Waals surface area contributed by atoms with E-state index in [1.54, 1.807) is 9.80 Å². The lowest BCUT2D eigenvalue weighted by atomic mass is 9.95. The fourth-order valence-corrected chi connectivity index (χ4v) is 3.66. The van der Waals surface area contributed by atoms with Crippen molar-refractivity contribution in [1.29, 1.82) is 0 Å². The highest BCUT2D eigenvalue weighted by atomic mass is 35.5. The minimum Gasteiger partial charge on any atom is -0.351 e. The van der Waals surface area contributed by atoms with Crippen molar-refractivity contribution < 1.29 is 18.8 Å². The molecule has 0 saturated carbocycles. The van der Waals surface area contributed by atoms with Crippen LogP contribution in [-0.2, 0) is 9.59 Å². The van der Waals surface area contributed by atoms with Crippen LogP contribution in [-0.4, -0.2) is 60.7 Å². The molecule has 29 heavy (non-hydrogen) atoms. The summed E-state index contributed by atoms with van der Waals surface area (Å²) in [5.74, 6) is -0.877. The standard InChI is InChI=1S/C21H29ClFN3O3/c1-3-4-11-25(2)21(29)15-8-12-26(13-9-15)19(27)7-10-24-20(28)17-6-5-16(23)14-18(17)22/h5-6,14-15H,3-4,7-13H2,1-2H3,(H,24,28). The Kier molecular flexibility index (Phi) is 8.89. The molecule has 6 nitrogen and oxygen atoms in total. The lowest BCUT2D eigenvalue weighted by Crippen LogP contribution is -2.44. The minimum atomic E-state index is -0.514. The molecule has 1 aliphatic rings. The van der Waals surface area contributed by atoms with Gasteiger partial charge in [0, 0.05) is 45.6 Å². The number of halogens is 2. The zero-order chi connectivity index (χ0) is 21.4. The topological polar surface area (TPSA) is 69.7 Å². The maximum absolute atomic E-state index is 13.1. The predicted octanol–water partition coefficient (Wildman–Crippen LogP) is 3.10. The monoisotopic (exact) mass is 425 g/mol. The zero-order valence-corrected chi connectivity index (χ0v) is 17.8. The van der Waals surface area contributed by atoms with Crippen LogP contribution >= 0.6 is 11.6 Å². The predicted molar refractivity (Wildman–Crippen MR) is 110 cm³/mol. The summed E-state index contributed by atoms with van der Waals surface area (Å²) in [5.41, 5.74) is 0.173. The second-order valence-electron chi connectivity index (χ2n) is 7.40. The number of rotatable bonds is 8. The van der Waals surface area contributed by atoms with Crippen molar-refractivity contribution in [3.63, 3.8) is 0 Å². The lowest BCUT2D eigenvalue weighted by molar-refractivity contribution is -0.139. The average Bonchev–Trinajstić information content (AvgIpc) is 2.71. The van der Waals surface area contributed by atoms with Crippen LogP contribution in [0.15, 0.2) is 18.2 Å². The van der Waals surface area contributed by atoms with Crippen molar-refractivity contribution in [2.75, 3.05) is 33.2 Å². The highest BCUT2D eigenvalue weighted by molar-refractivity contribution is 6.33. The molecule has 0 radical (unpaired) electrons. The molecule has 3 amide bonds. The van der Waals surface area contributed by atoms with Crippen molar-refractivity contribution in [2.45, 2.75) is 39.0 Å². The van der Waals surface area contributed by atoms with Gasteiger partial charge in [-0.05, 0) is 37.5 Å². The first-order chi connectivity index (χ1) is 13.8. The van der Waals surface area contributed by atoms with Gasteiger partial charge in [-0.1, -0.05) is 24.9 Å². The summed E-state index contributed by atoms with van der Waals surface area (Å²) in [7, 11) is 1.84. The van der Waals surface area contributed by atoms with Crippen molar-refractivity contribution >= 4 is 29.3 Å². The van der Waals surface area contributed by atoms with Crippen LogP contribution in [0.5, 0.6) is 0 Å². The van der Waals surface area contributed by atoms with Crippen molar-refractivity contribution in [3.8, 4) is 0 Å². The third kappa shape index (κ3) is 6.70. The first-order valence-electron chi connectivity index (χ1n) is 10.1. The van der Waals surface area contributed by atoms with E-state index < -0.39 is 11.7 Å². The highest BCUT2D eigenvalue weighted by Crippen LogP contribution is 2.20. The minimum absolute atomic E-state index is 0.0266. The number of nitrogens with one attached hydrogen (secondary N) is 1. The number of benzene rings is 1. The number of carbonyl (C=O) groups excluding carboxylic acids is 3. The molecule has 0 atom stereocenters. The smallest absolute Gasteiger partial charge is 0.252 e. The van der Waals surface area contributed by atoms with Gasteiger partial charge in [0.25, 0.3) is 5.91 Å². The number of hydrogen-bond donors (Lipinski definition) is 1. The largest absolute Gasteiger partial charge is 0.351 e. The summed E-state index contributed by atoms with van der Waals surface area (Å²) < 4.78 is 13.1. The first-order valence-corrected chi connectivity index (χ1v) is 10.5. The molecule has 0 aromatic heterocycles. The summed E-state index contributed by atoms with van der Waals surface area (Å²) in [6, 6.07) is 3.55. The number of hydrogen-bond acceptors (Lipinski definition) is 3. The van der Waals surface area contributed by atoms with Gasteiger partial charge in [0.05, 0.1) is 10.6 Å². The van der Waals surface area contributed by atoms with Gasteiger partial charge in [-0.3, -0.25) is 14.4 Å². The van der Waals surface area contributed by atoms with E-state index in [1.807, 2.05) is 7.05 Å². The lowest BCUT2D eigenvalue weighted by Gasteiger charge is -2.33. The SMILES string of the molecule is CCCCN(C)C(=O)C1CCN(C(=O)CCNC(=O)c2ccc(F)cc2Cl)CC1. The molecule has 1 saturated heterocycles. The van der Waals surface area contributed by atoms with Crippen LogP contribution in [0.2, 0.25) is 5.02 Å². The molecule has 0 unspecified atom stereocenters. The summed E-state index contributed by atoms with van der Waals surface area (Å²) in [6.45, 7) is 4.14. The molecule has 1 heterocycles. The number of unbranched alkanes of at least 4 members (excludes halogenated alkanes) is 1. The Hall–Kier alpha value is -2.15. The molecule has 1 fully saturated rings. The van der Waals surface area contributed by atoms with Gasteiger partial charge in [0.15, 0.2) is 0 Å². The van der Waals surface area contributed by atoms with Crippen LogP contribution in [0.1, 0.15) is 49.4 Å². The fourth-order valence-electron chi connectivity index (χ4n) is 3.40. The van der Waals surface area contributed by atoms with Crippen LogP contribution in [0.3, 0.4) is 0 Å². The van der Waals surface area contributed by atoms with Gasteiger partial charge in [-0.25, -0.2) is 4.39 Å². The van der Waals surface area contributed by atoms with E-state index in [0.29, 0.717) is 25.9 Å². The molecule has 0 spiro atoms. The van der Waals surface area contributed by atoms with E-state index in [2.05, 4.69) is 12.2 Å². The highest BCUT2D eigenvalue weighted by Gasteiger charge is 2.28. The Morgan fingerprint density at radius 3 is 2.59 bits per heavy atom. The molecule has 0 bridgehead atoms. The Bertz CT molecular complexity index is 736. The quantitative estimate of drug-likeness (QED) is 0.695. The molecule has 1 aliphatic heterocycles. The molecular formula is C21H29ClFN3O3. The maximum atomic E-state index is 13.1. The summed E-state index contributed by atoms with van der Waals surface area (Å²) in [4.78, 5) is 40.5. The molecule has 1 N–H and O–H groups in total. The summed E-state index contributed by atoms with van der Waals surface area (Å²) >= 11 is 5.87. The van der Waals surface area contributed by atoms with E-state index in [1.165, 1.54) is 6.07 Å². The summed E-state index contributed by atoms with van der Waals surface area (Å²) in [6.07, 6.45) is 3.54. The second kappa shape index (κ2) is 11.1. The van der Waals surface area contributed by atoms with E-state index in [9.17, 15) is 18.8 Å². The van der Waals surface area contributed by atoms with E-state index >= 15 is 0 Å². The molecule has 1 aromatic carbocycles. The number of likely N-dealkylation sites (tertiary alicyclic amines) is 1. The summed E-state index contributed by atoms with van der Waals surface area (Å²) in [5, 5.41) is 2.67. The Balaban J connectivity index is 1.73. The Labute approximate surface area is 176 Å². The van der Waals surface area contributed by atoms with Gasteiger partial charge >= 0.3 is 0 Å². The van der Waals surface area contributed by atoms with E-state index in [0.717, 1.165) is 31.5 Å². The van der Waals surface area contributed by atoms with Gasteiger partial charge in [0.2, 0.25) is 11.8 Å². The van der Waals surface area contributed by atoms with Crippen molar-refractivity contribution in [3.05, 3.63) is 34.6 Å². The van der Waals surface area contributed by atoms with Crippen LogP contribution in [0.25, 0.3) is 0 Å². The Morgan fingerprint density at radius 2 is 1.97 bits per heavy atom. The van der Waals surface area contributed by atoms with E-state index in [4.69, 9.17) is 11.6 Å². The molecule has 8 heteroatoms. The number of nitrogens with zero attached hydrogens (tertiary/aromatic N) is 2. The zero-order valence-electron chi connectivity index (χ0n) is 17.0. The van der Waals surface area contributed by atoms with Gasteiger partial charge < -0.3 is 15.1 Å². The average molecular weight is 426 g/mol. The van der Waals surface area contributed by atoms with Crippen LogP contribution in [0.4, 0.5) is 4.39 Å². The number of carbonyl (C=O) groups is 3. The molecule has 160 valence electrons. The van der Waals surface area contributed by atoms with Crippen molar-refractivity contribution in [2.24, 2.45) is 5.92 Å². The normalized spacial score (nSPS) is 14.6. The molecule has 1 aromatic rings. The Morgan fingerprint density at radius 1 is 1.28 bits per heavy atom. The first kappa shape index (κ1) is 23.1. The number of piperidine rings is 1. The van der Waals surface area contributed by atoms with Crippen LogP contribution in [0, 0.1) is 11.7 Å². The second-order valence-corrected chi connectivity index (χ2v) is 7.81. The third-order valence-electron chi connectivity index (χ3n) is 5.22. The molecular weight excluding hydrogens is 397 g/mol. The van der Waals surface area contributed by atoms with Gasteiger partial charge in [0.1, 0.15) is 5.82 Å². The van der Waals surface area contributed by atoms with Crippen LogP contribution < -0.4 is 5.32 Å². The van der Waals surface area contributed by atoms with Crippen molar-refractivity contribution in [1.82, 2.24) is 15.1 Å². The van der Waals surface area contributed by atoms with E-state index in [-0.39, 0.29) is 41.3 Å².